The Labute approximate surface area is 278 Å². The summed E-state index contributed by atoms with van der Waals surface area (Å²) in [5.41, 5.74) is 2.38. The molecule has 2 amide bonds. The number of carbonyl (C=O) groups excluding carboxylic acids is 4. The van der Waals surface area contributed by atoms with Crippen molar-refractivity contribution >= 4 is 73.6 Å². The van der Waals surface area contributed by atoms with E-state index in [-0.39, 0.29) is 18.3 Å². The van der Waals surface area contributed by atoms with Gasteiger partial charge in [-0.25, -0.2) is 9.59 Å². The van der Waals surface area contributed by atoms with Gasteiger partial charge in [0.25, 0.3) is 18.3 Å². The molecule has 1 N–H and O–H groups in total. The molecule has 14 heteroatoms. The van der Waals surface area contributed by atoms with Gasteiger partial charge in [-0.2, -0.15) is 0 Å². The van der Waals surface area contributed by atoms with Gasteiger partial charge in [0.05, 0.1) is 36.4 Å². The van der Waals surface area contributed by atoms with Crippen molar-refractivity contribution in [1.29, 1.82) is 0 Å². The van der Waals surface area contributed by atoms with Crippen LogP contribution in [0.15, 0.2) is 70.7 Å². The van der Waals surface area contributed by atoms with Gasteiger partial charge in [0, 0.05) is 46.0 Å². The van der Waals surface area contributed by atoms with Crippen LogP contribution in [0.5, 0.6) is 0 Å². The number of likely N-dealkylation sites (tertiary alicyclic amines) is 2. The topological polar surface area (TPSA) is 156 Å². The maximum absolute atomic E-state index is 13.3. The molecule has 2 aliphatic heterocycles. The van der Waals surface area contributed by atoms with Gasteiger partial charge in [0.15, 0.2) is 0 Å². The monoisotopic (exact) mass is 676 g/mol. The molecule has 2 fully saturated rings. The zero-order chi connectivity index (χ0) is 33.5. The third-order valence-corrected chi connectivity index (χ3v) is 10.5. The summed E-state index contributed by atoms with van der Waals surface area (Å²) in [5, 5.41) is 8.53. The first-order valence-electron chi connectivity index (χ1n) is 14.8. The number of pyridine rings is 2. The van der Waals surface area contributed by atoms with E-state index in [1.165, 1.54) is 35.8 Å². The third-order valence-electron chi connectivity index (χ3n) is 8.04. The molecule has 4 aromatic rings. The van der Waals surface area contributed by atoms with E-state index in [1.807, 2.05) is 48.5 Å². The summed E-state index contributed by atoms with van der Waals surface area (Å²) < 4.78 is 9.78. The minimum atomic E-state index is -0.568. The minimum Gasteiger partial charge on any atom is -0.483 e. The first-order valence-corrected chi connectivity index (χ1v) is 16.9. The number of aromatic nitrogens is 2. The van der Waals surface area contributed by atoms with Gasteiger partial charge in [-0.3, -0.25) is 24.4 Å². The number of benzene rings is 2. The van der Waals surface area contributed by atoms with Gasteiger partial charge >= 0.3 is 11.9 Å². The Kier molecular flexibility index (Phi) is 10.9. The number of hydrogen-bond acceptors (Lipinski definition) is 11. The largest absolute Gasteiger partial charge is 0.483 e. The molecule has 0 spiro atoms. The van der Waals surface area contributed by atoms with Gasteiger partial charge in [-0.15, -0.1) is 0 Å². The summed E-state index contributed by atoms with van der Waals surface area (Å²) in [7, 11) is 5.74. The molecule has 0 saturated carbocycles. The Morgan fingerprint density at radius 1 is 0.766 bits per heavy atom. The number of fused-ring (bicyclic) bond motifs is 2. The van der Waals surface area contributed by atoms with Gasteiger partial charge in [-0.1, -0.05) is 45.9 Å². The molecule has 12 nitrogen and oxygen atoms in total. The number of hydrogen-bond donors (Lipinski definition) is 1. The van der Waals surface area contributed by atoms with Gasteiger partial charge in [-0.05, 0) is 49.9 Å². The smallest absolute Gasteiger partial charge is 0.328 e. The van der Waals surface area contributed by atoms with E-state index < -0.39 is 24.0 Å². The summed E-state index contributed by atoms with van der Waals surface area (Å²) in [6, 6.07) is 14.1. The number of para-hydroxylation sites is 2. The molecule has 4 heterocycles. The Morgan fingerprint density at radius 2 is 1.17 bits per heavy atom. The summed E-state index contributed by atoms with van der Waals surface area (Å²) in [4.78, 5) is 73.5. The molecule has 6 rings (SSSR count). The predicted molar refractivity (Wildman–Crippen MR) is 176 cm³/mol. The van der Waals surface area contributed by atoms with Crippen molar-refractivity contribution in [2.75, 3.05) is 27.3 Å². The zero-order valence-electron chi connectivity index (χ0n) is 25.7. The molecular weight excluding hydrogens is 645 g/mol. The molecule has 2 atom stereocenters. The number of ether oxygens (including phenoxy) is 2. The highest BCUT2D eigenvalue weighted by molar-refractivity contribution is 8.76. The number of amides is 2. The van der Waals surface area contributed by atoms with E-state index in [4.69, 9.17) is 19.4 Å². The van der Waals surface area contributed by atoms with Crippen LogP contribution in [0.4, 0.5) is 0 Å². The Bertz CT molecular complexity index is 1710. The molecular formula is C33H32N4O8S2. The standard InChI is InChI=1S/C32H30N4O6S2.CH2O2/c1-41-31(39)23-9-5-13-35(23)29(37)21-15-19-7-3-11-25(27(19)33-17-21)43-44-26-12-4-8-20-16-22(18-34-28(20)26)30(38)36-14-6-10-24(36)32(40)42-2;2-1-3/h3-4,7-8,11-12,15-18,23-24H,5-6,9-10,13-14H2,1-2H3;1H,(H,2,3)/t23-,24-;/m0./s1. The van der Waals surface area contributed by atoms with E-state index >= 15 is 0 Å². The summed E-state index contributed by atoms with van der Waals surface area (Å²) in [6.45, 7) is 0.758. The fourth-order valence-corrected chi connectivity index (χ4v) is 8.13. The van der Waals surface area contributed by atoms with Gasteiger partial charge in [0.2, 0.25) is 0 Å². The second-order valence-electron chi connectivity index (χ2n) is 10.7. The van der Waals surface area contributed by atoms with Crippen molar-refractivity contribution in [3.05, 3.63) is 72.1 Å². The Balaban J connectivity index is 0.00000139. The minimum absolute atomic E-state index is 0.232. The fraction of sp³-hybridized carbons (Fsp3) is 0.303. The van der Waals surface area contributed by atoms with Crippen LogP contribution in [-0.4, -0.2) is 94.5 Å². The average Bonchev–Trinajstić information content (AvgIpc) is 3.80. The number of nitrogens with zero attached hydrogens (tertiary/aromatic N) is 4. The second-order valence-corrected chi connectivity index (χ2v) is 12.9. The Hall–Kier alpha value is -4.69. The number of carbonyl (C=O) groups is 5. The van der Waals surface area contributed by atoms with E-state index in [0.29, 0.717) is 37.1 Å². The number of methoxy groups -OCH3 is 2. The third kappa shape index (κ3) is 7.18. The van der Waals surface area contributed by atoms with Crippen LogP contribution >= 0.6 is 21.6 Å². The van der Waals surface area contributed by atoms with Gasteiger partial charge in [0.1, 0.15) is 12.1 Å². The first kappa shape index (κ1) is 33.7. The summed E-state index contributed by atoms with van der Waals surface area (Å²) in [5.74, 6) is -1.26. The molecule has 0 aliphatic carbocycles. The normalized spacial score (nSPS) is 17.2. The highest BCUT2D eigenvalue weighted by Crippen LogP contribution is 2.42. The van der Waals surface area contributed by atoms with Crippen LogP contribution in [0, 0.1) is 0 Å². The molecule has 0 radical (unpaired) electrons. The number of esters is 2. The maximum atomic E-state index is 13.3. The first-order chi connectivity index (χ1) is 22.8. The van der Waals surface area contributed by atoms with Crippen LogP contribution in [0.2, 0.25) is 0 Å². The molecule has 47 heavy (non-hydrogen) atoms. The van der Waals surface area contributed by atoms with Crippen molar-refractivity contribution in [3.63, 3.8) is 0 Å². The van der Waals surface area contributed by atoms with E-state index in [9.17, 15) is 19.2 Å². The van der Waals surface area contributed by atoms with Crippen LogP contribution in [0.3, 0.4) is 0 Å². The zero-order valence-corrected chi connectivity index (χ0v) is 27.3. The molecule has 0 bridgehead atoms. The molecule has 2 aromatic heterocycles. The SMILES string of the molecule is COC(=O)[C@@H]1CCCN1C(=O)c1cnc2c(SSc3cccc4cc(C(=O)N5CCC[C@H]5C(=O)OC)cnc34)cccc2c1.O=CO. The van der Waals surface area contributed by atoms with E-state index in [1.54, 1.807) is 22.2 Å². The van der Waals surface area contributed by atoms with Crippen LogP contribution in [0.1, 0.15) is 46.4 Å². The lowest BCUT2D eigenvalue weighted by atomic mass is 10.1. The molecule has 244 valence electrons. The molecule has 0 unspecified atom stereocenters. The van der Waals surface area contributed by atoms with Crippen molar-refractivity contribution in [2.45, 2.75) is 47.6 Å². The number of rotatable bonds is 7. The highest BCUT2D eigenvalue weighted by Gasteiger charge is 2.36. The summed E-state index contributed by atoms with van der Waals surface area (Å²) in [6.07, 6.45) is 5.81. The van der Waals surface area contributed by atoms with Crippen molar-refractivity contribution in [1.82, 2.24) is 19.8 Å². The predicted octanol–water partition coefficient (Wildman–Crippen LogP) is 4.84. The van der Waals surface area contributed by atoms with Gasteiger partial charge < -0.3 is 24.4 Å². The summed E-state index contributed by atoms with van der Waals surface area (Å²) >= 11 is 0. The lowest BCUT2D eigenvalue weighted by molar-refractivity contribution is -0.145. The highest BCUT2D eigenvalue weighted by atomic mass is 33.1. The van der Waals surface area contributed by atoms with Crippen LogP contribution in [0.25, 0.3) is 21.8 Å². The van der Waals surface area contributed by atoms with Crippen molar-refractivity contribution < 1.29 is 38.6 Å². The lowest BCUT2D eigenvalue weighted by Gasteiger charge is -2.22. The van der Waals surface area contributed by atoms with Crippen LogP contribution < -0.4 is 0 Å². The average molecular weight is 677 g/mol. The van der Waals surface area contributed by atoms with E-state index in [0.717, 1.165) is 44.4 Å². The quantitative estimate of drug-likeness (QED) is 0.162. The molecule has 2 aliphatic rings. The maximum Gasteiger partial charge on any atom is 0.328 e. The Morgan fingerprint density at radius 3 is 1.55 bits per heavy atom. The number of carboxylic acid groups (broad SMARTS) is 1. The van der Waals surface area contributed by atoms with Crippen molar-refractivity contribution in [3.8, 4) is 0 Å². The van der Waals surface area contributed by atoms with Crippen molar-refractivity contribution in [2.24, 2.45) is 0 Å². The molecule has 2 saturated heterocycles. The fourth-order valence-electron chi connectivity index (χ4n) is 5.84. The van der Waals surface area contributed by atoms with E-state index in [2.05, 4.69) is 9.97 Å². The second kappa shape index (κ2) is 15.3. The lowest BCUT2D eigenvalue weighted by Crippen LogP contribution is -2.41. The molecule has 2 aromatic carbocycles. The van der Waals surface area contributed by atoms with Crippen LogP contribution in [-0.2, 0) is 23.9 Å².